The monoisotopic (exact) mass is 157 g/mol. The Morgan fingerprint density at radius 3 is 2.09 bits per heavy atom. The third kappa shape index (κ3) is 2.08. The number of rotatable bonds is 3. The van der Waals surface area contributed by atoms with Crippen LogP contribution in [0.1, 0.15) is 0 Å². The van der Waals surface area contributed by atoms with E-state index in [-0.39, 0.29) is 0 Å². The molecule has 0 aliphatic heterocycles. The van der Waals surface area contributed by atoms with Crippen LogP contribution in [0, 0.1) is 0 Å². The lowest BCUT2D eigenvalue weighted by molar-refractivity contribution is -0.211. The maximum absolute atomic E-state index is 8.16. The van der Waals surface area contributed by atoms with Crippen LogP contribution < -0.4 is 15.7 Å². The Morgan fingerprint density at radius 1 is 1.09 bits per heavy atom. The number of nitrogens with two attached hydrogens (primary N) is 1. The Balaban J connectivity index is 2.66. The van der Waals surface area contributed by atoms with Crippen molar-refractivity contribution in [3.63, 3.8) is 0 Å². The molecule has 0 atom stereocenters. The minimum absolute atomic E-state index is 0.314. The van der Waals surface area contributed by atoms with Gasteiger partial charge >= 0.3 is 0 Å². The first-order chi connectivity index (χ1) is 5.36. The molecule has 0 amide bonds. The SMILES string of the molecule is NOOc1ccc(OO)cc1. The van der Waals surface area contributed by atoms with Gasteiger partial charge in [-0.3, -0.25) is 0 Å². The summed E-state index contributed by atoms with van der Waals surface area (Å²) in [6.07, 6.45) is 0. The molecule has 5 nitrogen and oxygen atoms in total. The zero-order valence-electron chi connectivity index (χ0n) is 5.56. The summed E-state index contributed by atoms with van der Waals surface area (Å²) in [6, 6.07) is 6.04. The van der Waals surface area contributed by atoms with E-state index in [2.05, 4.69) is 20.7 Å². The standard InChI is InChI=1S/C6H7NO4/c7-11-10-6-3-1-5(9-8)2-4-6/h1-4,8H,7H2. The number of hydrogen-bond donors (Lipinski definition) is 2. The molecule has 1 aromatic carbocycles. The summed E-state index contributed by atoms with van der Waals surface area (Å²) >= 11 is 0. The normalized spacial score (nSPS) is 9.27. The summed E-state index contributed by atoms with van der Waals surface area (Å²) in [5.41, 5.74) is 0. The van der Waals surface area contributed by atoms with E-state index >= 15 is 0 Å². The van der Waals surface area contributed by atoms with E-state index < -0.39 is 0 Å². The van der Waals surface area contributed by atoms with Crippen molar-refractivity contribution in [2.45, 2.75) is 0 Å². The van der Waals surface area contributed by atoms with Crippen molar-refractivity contribution in [2.24, 2.45) is 5.90 Å². The second kappa shape index (κ2) is 3.77. The van der Waals surface area contributed by atoms with E-state index in [1.807, 2.05) is 0 Å². The average molecular weight is 157 g/mol. The van der Waals surface area contributed by atoms with E-state index in [1.165, 1.54) is 24.3 Å². The third-order valence-corrected chi connectivity index (χ3v) is 1.07. The van der Waals surface area contributed by atoms with Crippen molar-refractivity contribution in [2.75, 3.05) is 0 Å². The summed E-state index contributed by atoms with van der Waals surface area (Å²) in [5.74, 6) is 5.37. The lowest BCUT2D eigenvalue weighted by Crippen LogP contribution is -2.02. The van der Waals surface area contributed by atoms with Gasteiger partial charge in [0.25, 0.3) is 0 Å². The molecule has 0 saturated carbocycles. The van der Waals surface area contributed by atoms with Crippen LogP contribution in [0.4, 0.5) is 0 Å². The second-order valence-corrected chi connectivity index (χ2v) is 1.74. The summed E-state index contributed by atoms with van der Waals surface area (Å²) in [7, 11) is 0. The molecule has 11 heavy (non-hydrogen) atoms. The molecule has 5 heteroatoms. The van der Waals surface area contributed by atoms with Gasteiger partial charge in [0.1, 0.15) is 0 Å². The Morgan fingerprint density at radius 2 is 1.64 bits per heavy atom. The summed E-state index contributed by atoms with van der Waals surface area (Å²) in [6.45, 7) is 0. The predicted octanol–water partition coefficient (Wildman–Crippen LogP) is 0.723. The highest BCUT2D eigenvalue weighted by atomic mass is 17.3. The van der Waals surface area contributed by atoms with Crippen LogP contribution in [0.3, 0.4) is 0 Å². The molecule has 0 aromatic heterocycles. The maximum Gasteiger partial charge on any atom is 0.167 e. The van der Waals surface area contributed by atoms with Crippen molar-refractivity contribution < 1.29 is 20.0 Å². The summed E-state index contributed by atoms with van der Waals surface area (Å²) in [4.78, 5) is 12.3. The van der Waals surface area contributed by atoms with Crippen LogP contribution in [-0.4, -0.2) is 5.26 Å². The molecule has 3 N–H and O–H groups in total. The molecular formula is C6H7NO4. The summed E-state index contributed by atoms with van der Waals surface area (Å²) in [5, 5.41) is 8.16. The van der Waals surface area contributed by atoms with E-state index in [9.17, 15) is 0 Å². The Kier molecular flexibility index (Phi) is 2.67. The first kappa shape index (κ1) is 7.80. The van der Waals surface area contributed by atoms with Gasteiger partial charge in [-0.2, -0.15) is 5.90 Å². The van der Waals surface area contributed by atoms with Crippen LogP contribution in [0.5, 0.6) is 11.5 Å². The molecule has 0 radical (unpaired) electrons. The number of benzene rings is 1. The first-order valence-electron chi connectivity index (χ1n) is 2.81. The van der Waals surface area contributed by atoms with Crippen molar-refractivity contribution in [1.82, 2.24) is 0 Å². The van der Waals surface area contributed by atoms with Crippen LogP contribution in [0.2, 0.25) is 0 Å². The van der Waals surface area contributed by atoms with E-state index in [4.69, 9.17) is 5.26 Å². The zero-order valence-corrected chi connectivity index (χ0v) is 5.56. The quantitative estimate of drug-likeness (QED) is 0.499. The number of hydrogen-bond acceptors (Lipinski definition) is 5. The second-order valence-electron chi connectivity index (χ2n) is 1.74. The smallest absolute Gasteiger partial charge is 0.167 e. The van der Waals surface area contributed by atoms with Crippen molar-refractivity contribution in [3.8, 4) is 11.5 Å². The fraction of sp³-hybridized carbons (Fsp3) is 0. The van der Waals surface area contributed by atoms with Gasteiger partial charge in [-0.1, -0.05) is 4.99 Å². The minimum atomic E-state index is 0.314. The fourth-order valence-corrected chi connectivity index (χ4v) is 0.612. The molecule has 0 saturated heterocycles. The highest BCUT2D eigenvalue weighted by molar-refractivity contribution is 5.30. The molecule has 1 aromatic rings. The lowest BCUT2D eigenvalue weighted by atomic mass is 10.3. The van der Waals surface area contributed by atoms with Crippen LogP contribution in [0.25, 0.3) is 0 Å². The van der Waals surface area contributed by atoms with Gasteiger partial charge in [-0.25, -0.2) is 5.26 Å². The van der Waals surface area contributed by atoms with Crippen LogP contribution in [-0.2, 0) is 4.99 Å². The molecule has 0 aliphatic rings. The van der Waals surface area contributed by atoms with Crippen molar-refractivity contribution in [3.05, 3.63) is 24.3 Å². The third-order valence-electron chi connectivity index (χ3n) is 1.07. The molecule has 1 rings (SSSR count). The Hall–Kier alpha value is -1.30. The van der Waals surface area contributed by atoms with Crippen molar-refractivity contribution in [1.29, 1.82) is 0 Å². The van der Waals surface area contributed by atoms with Gasteiger partial charge < -0.3 is 9.78 Å². The largest absolute Gasteiger partial charge is 0.340 e. The highest BCUT2D eigenvalue weighted by Gasteiger charge is 1.94. The fourth-order valence-electron chi connectivity index (χ4n) is 0.612. The highest BCUT2D eigenvalue weighted by Crippen LogP contribution is 2.16. The zero-order chi connectivity index (χ0) is 8.10. The van der Waals surface area contributed by atoms with Crippen LogP contribution in [0.15, 0.2) is 24.3 Å². The molecule has 60 valence electrons. The van der Waals surface area contributed by atoms with Gasteiger partial charge in [0.2, 0.25) is 0 Å². The van der Waals surface area contributed by atoms with Gasteiger partial charge in [0, 0.05) is 0 Å². The molecule has 0 heterocycles. The minimum Gasteiger partial charge on any atom is -0.340 e. The summed E-state index contributed by atoms with van der Waals surface area (Å²) < 4.78 is 0. The van der Waals surface area contributed by atoms with E-state index in [1.54, 1.807) is 0 Å². The lowest BCUT2D eigenvalue weighted by Gasteiger charge is -1.99. The van der Waals surface area contributed by atoms with Crippen molar-refractivity contribution >= 4 is 0 Å². The van der Waals surface area contributed by atoms with Gasteiger partial charge in [-0.05, 0) is 24.3 Å². The molecule has 0 spiro atoms. The molecular weight excluding hydrogens is 150 g/mol. The molecule has 0 aliphatic carbocycles. The maximum atomic E-state index is 8.16. The Bertz CT molecular complexity index is 210. The molecule has 0 bridgehead atoms. The molecule has 0 fully saturated rings. The predicted molar refractivity (Wildman–Crippen MR) is 35.6 cm³/mol. The topological polar surface area (TPSA) is 73.9 Å². The van der Waals surface area contributed by atoms with Gasteiger partial charge in [0.15, 0.2) is 11.5 Å². The van der Waals surface area contributed by atoms with Crippen LogP contribution >= 0.6 is 0 Å². The van der Waals surface area contributed by atoms with E-state index in [0.717, 1.165) is 0 Å². The first-order valence-corrected chi connectivity index (χ1v) is 2.81. The molecule has 0 unspecified atom stereocenters. The van der Waals surface area contributed by atoms with Gasteiger partial charge in [-0.15, -0.1) is 0 Å². The average Bonchev–Trinajstić information content (AvgIpc) is 2.07. The van der Waals surface area contributed by atoms with E-state index in [0.29, 0.717) is 11.5 Å². The van der Waals surface area contributed by atoms with Gasteiger partial charge in [0.05, 0.1) is 0 Å². The Labute approximate surface area is 62.7 Å².